The van der Waals surface area contributed by atoms with E-state index in [0.29, 0.717) is 40.1 Å². The molecule has 0 radical (unpaired) electrons. The Morgan fingerprint density at radius 2 is 1.74 bits per heavy atom. The van der Waals surface area contributed by atoms with Crippen LogP contribution in [-0.2, 0) is 11.2 Å². The molecule has 4 aromatic rings. The third-order valence-electron chi connectivity index (χ3n) is 5.51. The number of carbonyl (C=O) groups is 2. The number of amides is 1. The van der Waals surface area contributed by atoms with E-state index in [1.165, 1.54) is 12.1 Å². The quantitative estimate of drug-likeness (QED) is 0.220. The van der Waals surface area contributed by atoms with Gasteiger partial charge in [0.1, 0.15) is 22.9 Å². The summed E-state index contributed by atoms with van der Waals surface area (Å²) in [5, 5.41) is 17.2. The number of anilines is 3. The number of nitrogens with zero attached hydrogens (tertiary/aromatic N) is 1. The first-order chi connectivity index (χ1) is 18.0. The summed E-state index contributed by atoms with van der Waals surface area (Å²) in [4.78, 5) is 28.3. The van der Waals surface area contributed by atoms with E-state index in [9.17, 15) is 14.7 Å². The van der Waals surface area contributed by atoms with E-state index < -0.39 is 17.7 Å². The lowest BCUT2D eigenvalue weighted by atomic mass is 10.1. The van der Waals surface area contributed by atoms with Crippen LogP contribution in [0.15, 0.2) is 66.9 Å². The SMILES string of the molecule is CCc1c(Oc2ccc(NC(=O)OC(C)(C)C)c3ccccc23)ccnc1Nc1cc(Cl)cc(C(=O)O)c1. The average molecular weight is 534 g/mol. The van der Waals surface area contributed by atoms with E-state index >= 15 is 0 Å². The third kappa shape index (κ3) is 6.33. The number of halogens is 1. The zero-order valence-electron chi connectivity index (χ0n) is 21.5. The number of carboxylic acid groups (broad SMARTS) is 1. The molecule has 38 heavy (non-hydrogen) atoms. The smallest absolute Gasteiger partial charge is 0.412 e. The lowest BCUT2D eigenvalue weighted by Crippen LogP contribution is -2.27. The number of hydrogen-bond acceptors (Lipinski definition) is 6. The minimum Gasteiger partial charge on any atom is -0.478 e. The Morgan fingerprint density at radius 1 is 1.00 bits per heavy atom. The standard InChI is InChI=1S/C29H28ClN3O5/c1-5-20-25(12-13-31-26(20)32-19-15-17(27(34)35)14-18(30)16-19)37-24-11-10-23(21-8-6-7-9-22(21)24)33-28(36)38-29(2,3)4/h6-16H,5H2,1-4H3,(H,31,32)(H,33,36)(H,34,35). The molecule has 0 unspecified atom stereocenters. The Labute approximate surface area is 225 Å². The summed E-state index contributed by atoms with van der Waals surface area (Å²) in [5.41, 5.74) is 1.34. The molecular formula is C29H28ClN3O5. The van der Waals surface area contributed by atoms with Gasteiger partial charge in [-0.15, -0.1) is 0 Å². The van der Waals surface area contributed by atoms with Crippen molar-refractivity contribution >= 4 is 51.6 Å². The van der Waals surface area contributed by atoms with Gasteiger partial charge < -0.3 is 19.9 Å². The molecule has 0 aliphatic rings. The van der Waals surface area contributed by atoms with Gasteiger partial charge in [-0.2, -0.15) is 0 Å². The molecule has 9 heteroatoms. The van der Waals surface area contributed by atoms with Crippen molar-refractivity contribution in [3.63, 3.8) is 0 Å². The first-order valence-corrected chi connectivity index (χ1v) is 12.4. The van der Waals surface area contributed by atoms with Gasteiger partial charge in [-0.25, -0.2) is 14.6 Å². The number of rotatable bonds is 7. The normalized spacial score (nSPS) is 11.2. The van der Waals surface area contributed by atoms with Crippen LogP contribution in [0.25, 0.3) is 10.8 Å². The summed E-state index contributed by atoms with van der Waals surface area (Å²) >= 11 is 6.12. The molecule has 0 spiro atoms. The summed E-state index contributed by atoms with van der Waals surface area (Å²) in [5.74, 6) is 0.630. The number of nitrogens with one attached hydrogen (secondary N) is 2. The molecule has 0 aliphatic heterocycles. The van der Waals surface area contributed by atoms with Crippen LogP contribution in [0.3, 0.4) is 0 Å². The van der Waals surface area contributed by atoms with Gasteiger partial charge in [0.05, 0.1) is 11.3 Å². The molecule has 0 atom stereocenters. The molecule has 0 saturated heterocycles. The lowest BCUT2D eigenvalue weighted by Gasteiger charge is -2.20. The maximum absolute atomic E-state index is 12.4. The number of fused-ring (bicyclic) bond motifs is 1. The zero-order valence-corrected chi connectivity index (χ0v) is 22.2. The first-order valence-electron chi connectivity index (χ1n) is 12.0. The van der Waals surface area contributed by atoms with Crippen molar-refractivity contribution in [1.82, 2.24) is 4.98 Å². The highest BCUT2D eigenvalue weighted by molar-refractivity contribution is 6.31. The van der Waals surface area contributed by atoms with Crippen LogP contribution < -0.4 is 15.4 Å². The zero-order chi connectivity index (χ0) is 27.4. The summed E-state index contributed by atoms with van der Waals surface area (Å²) in [6, 6.07) is 17.4. The van der Waals surface area contributed by atoms with Crippen LogP contribution >= 0.6 is 11.6 Å². The fourth-order valence-electron chi connectivity index (χ4n) is 3.94. The highest BCUT2D eigenvalue weighted by atomic mass is 35.5. The molecule has 196 valence electrons. The molecular weight excluding hydrogens is 506 g/mol. The summed E-state index contributed by atoms with van der Waals surface area (Å²) in [6.45, 7) is 7.40. The van der Waals surface area contributed by atoms with Crippen molar-refractivity contribution in [1.29, 1.82) is 0 Å². The van der Waals surface area contributed by atoms with Crippen molar-refractivity contribution in [3.05, 3.63) is 83.0 Å². The number of ether oxygens (including phenoxy) is 2. The van der Waals surface area contributed by atoms with E-state index in [1.54, 1.807) is 30.5 Å². The highest BCUT2D eigenvalue weighted by Crippen LogP contribution is 2.37. The summed E-state index contributed by atoms with van der Waals surface area (Å²) < 4.78 is 11.8. The van der Waals surface area contributed by atoms with Crippen molar-refractivity contribution in [3.8, 4) is 11.5 Å². The maximum atomic E-state index is 12.4. The van der Waals surface area contributed by atoms with E-state index in [2.05, 4.69) is 15.6 Å². The number of carbonyl (C=O) groups excluding carboxylic acids is 1. The Balaban J connectivity index is 1.66. The molecule has 0 saturated carbocycles. The third-order valence-corrected chi connectivity index (χ3v) is 5.73. The molecule has 1 amide bonds. The monoisotopic (exact) mass is 533 g/mol. The first kappa shape index (κ1) is 26.8. The van der Waals surface area contributed by atoms with Crippen LogP contribution in [0.1, 0.15) is 43.6 Å². The largest absolute Gasteiger partial charge is 0.478 e. The molecule has 3 N–H and O–H groups in total. The summed E-state index contributed by atoms with van der Waals surface area (Å²) in [6.07, 6.45) is 1.66. The van der Waals surface area contributed by atoms with Crippen LogP contribution in [0.4, 0.5) is 22.0 Å². The van der Waals surface area contributed by atoms with Crippen molar-refractivity contribution in [2.24, 2.45) is 0 Å². The van der Waals surface area contributed by atoms with Crippen LogP contribution in [0.2, 0.25) is 5.02 Å². The Hall–Kier alpha value is -4.30. The van der Waals surface area contributed by atoms with Crippen LogP contribution in [0, 0.1) is 0 Å². The van der Waals surface area contributed by atoms with Gasteiger partial charge in [0.15, 0.2) is 0 Å². The second kappa shape index (κ2) is 11.0. The van der Waals surface area contributed by atoms with Crippen molar-refractivity contribution in [2.75, 3.05) is 10.6 Å². The molecule has 0 bridgehead atoms. The number of hydrogen-bond donors (Lipinski definition) is 3. The fourth-order valence-corrected chi connectivity index (χ4v) is 4.18. The molecule has 3 aromatic carbocycles. The predicted octanol–water partition coefficient (Wildman–Crippen LogP) is 8.03. The van der Waals surface area contributed by atoms with Gasteiger partial charge in [0.25, 0.3) is 0 Å². The number of aromatic carboxylic acids is 1. The molecule has 1 heterocycles. The topological polar surface area (TPSA) is 110 Å². The minimum absolute atomic E-state index is 0.0667. The van der Waals surface area contributed by atoms with E-state index in [0.717, 1.165) is 16.3 Å². The van der Waals surface area contributed by atoms with Gasteiger partial charge in [0, 0.05) is 33.2 Å². The van der Waals surface area contributed by atoms with Crippen molar-refractivity contribution < 1.29 is 24.2 Å². The molecule has 8 nitrogen and oxygen atoms in total. The predicted molar refractivity (Wildman–Crippen MR) is 149 cm³/mol. The number of aromatic nitrogens is 1. The highest BCUT2D eigenvalue weighted by Gasteiger charge is 2.18. The lowest BCUT2D eigenvalue weighted by molar-refractivity contribution is 0.0634. The number of benzene rings is 3. The van der Waals surface area contributed by atoms with Gasteiger partial charge in [-0.3, -0.25) is 5.32 Å². The minimum atomic E-state index is -1.08. The Bertz CT molecular complexity index is 1510. The van der Waals surface area contributed by atoms with Gasteiger partial charge in [-0.05, 0) is 63.6 Å². The van der Waals surface area contributed by atoms with Crippen LogP contribution in [0.5, 0.6) is 11.5 Å². The van der Waals surface area contributed by atoms with Crippen molar-refractivity contribution in [2.45, 2.75) is 39.7 Å². The van der Waals surface area contributed by atoms with Gasteiger partial charge >= 0.3 is 12.1 Å². The number of pyridine rings is 1. The number of carboxylic acids is 1. The van der Waals surface area contributed by atoms with Gasteiger partial charge in [0.2, 0.25) is 0 Å². The molecule has 4 rings (SSSR count). The average Bonchev–Trinajstić information content (AvgIpc) is 2.84. The molecule has 0 fully saturated rings. The van der Waals surface area contributed by atoms with Gasteiger partial charge in [-0.1, -0.05) is 42.8 Å². The van der Waals surface area contributed by atoms with E-state index in [-0.39, 0.29) is 5.56 Å². The molecule has 0 aliphatic carbocycles. The molecule has 1 aromatic heterocycles. The van der Waals surface area contributed by atoms with Crippen LogP contribution in [-0.4, -0.2) is 27.8 Å². The summed E-state index contributed by atoms with van der Waals surface area (Å²) in [7, 11) is 0. The second-order valence-electron chi connectivity index (χ2n) is 9.53. The van der Waals surface area contributed by atoms with E-state index in [4.69, 9.17) is 21.1 Å². The Morgan fingerprint density at radius 3 is 2.42 bits per heavy atom. The maximum Gasteiger partial charge on any atom is 0.412 e. The second-order valence-corrected chi connectivity index (χ2v) is 9.97. The Kier molecular flexibility index (Phi) is 7.73. The fraction of sp³-hybridized carbons (Fsp3) is 0.207. The van der Waals surface area contributed by atoms with E-state index in [1.807, 2.05) is 52.0 Å².